The predicted molar refractivity (Wildman–Crippen MR) is 132 cm³/mol. The lowest BCUT2D eigenvalue weighted by atomic mass is 10.1. The number of carbonyl (C=O) groups is 1. The van der Waals surface area contributed by atoms with Crippen LogP contribution in [0.15, 0.2) is 83.8 Å². The molecule has 0 aliphatic carbocycles. The molecule has 0 radical (unpaired) electrons. The van der Waals surface area contributed by atoms with E-state index in [0.29, 0.717) is 30.5 Å². The van der Waals surface area contributed by atoms with E-state index in [0.717, 1.165) is 20.3 Å². The van der Waals surface area contributed by atoms with Crippen LogP contribution in [-0.2, 0) is 27.8 Å². The van der Waals surface area contributed by atoms with Crippen LogP contribution in [0.1, 0.15) is 11.1 Å². The highest BCUT2D eigenvalue weighted by molar-refractivity contribution is 7.89. The molecule has 0 saturated heterocycles. The number of aromatic nitrogens is 3. The fourth-order valence-corrected chi connectivity index (χ4v) is 4.48. The van der Waals surface area contributed by atoms with Crippen molar-refractivity contribution in [3.63, 3.8) is 0 Å². The molecule has 0 unspecified atom stereocenters. The highest BCUT2D eigenvalue weighted by atomic mass is 32.2. The fraction of sp³-hybridized carbons (Fsp3) is 0.240. The summed E-state index contributed by atoms with van der Waals surface area (Å²) in [5, 5.41) is 7.95. The van der Waals surface area contributed by atoms with Gasteiger partial charge in [0, 0.05) is 27.2 Å². The van der Waals surface area contributed by atoms with E-state index >= 15 is 0 Å². The normalized spacial score (nSPS) is 11.6. The Morgan fingerprint density at radius 2 is 1.60 bits per heavy atom. The van der Waals surface area contributed by atoms with E-state index in [9.17, 15) is 13.2 Å². The molecule has 0 aliphatic rings. The molecule has 1 aromatic heterocycles. The molecule has 10 heteroatoms. The zero-order valence-corrected chi connectivity index (χ0v) is 20.4. The number of amides is 1. The summed E-state index contributed by atoms with van der Waals surface area (Å²) < 4.78 is 26.1. The van der Waals surface area contributed by atoms with E-state index in [-0.39, 0.29) is 17.4 Å². The van der Waals surface area contributed by atoms with E-state index in [4.69, 9.17) is 4.84 Å². The third-order valence-corrected chi connectivity index (χ3v) is 7.37. The second kappa shape index (κ2) is 10.7. The second-order valence-electron chi connectivity index (χ2n) is 8.21. The van der Waals surface area contributed by atoms with Crippen molar-refractivity contribution in [3.8, 4) is 0 Å². The van der Waals surface area contributed by atoms with E-state index < -0.39 is 10.0 Å². The van der Waals surface area contributed by atoms with Crippen LogP contribution >= 0.6 is 0 Å². The van der Waals surface area contributed by atoms with Gasteiger partial charge < -0.3 is 9.74 Å². The maximum absolute atomic E-state index is 13.2. The first-order valence-electron chi connectivity index (χ1n) is 11.1. The van der Waals surface area contributed by atoms with Crippen LogP contribution in [0.25, 0.3) is 11.0 Å². The van der Waals surface area contributed by atoms with Gasteiger partial charge in [-0.2, -0.15) is 0 Å². The Bertz CT molecular complexity index is 1390. The van der Waals surface area contributed by atoms with Gasteiger partial charge in [0.2, 0.25) is 10.0 Å². The molecule has 4 aromatic rings. The molecule has 0 bridgehead atoms. The molecule has 4 rings (SSSR count). The van der Waals surface area contributed by atoms with Crippen molar-refractivity contribution in [2.24, 2.45) is 0 Å². The summed E-state index contributed by atoms with van der Waals surface area (Å²) in [6, 6.07) is 24.2. The Kier molecular flexibility index (Phi) is 7.42. The van der Waals surface area contributed by atoms with Crippen molar-refractivity contribution in [1.82, 2.24) is 24.4 Å². The van der Waals surface area contributed by atoms with Gasteiger partial charge >= 0.3 is 0 Å². The summed E-state index contributed by atoms with van der Waals surface area (Å²) >= 11 is 0. The number of hydrogen-bond acceptors (Lipinski definition) is 6. The molecule has 0 saturated carbocycles. The Morgan fingerprint density at radius 3 is 2.26 bits per heavy atom. The minimum absolute atomic E-state index is 0.0852. The maximum atomic E-state index is 13.2. The van der Waals surface area contributed by atoms with Crippen LogP contribution < -0.4 is 4.84 Å². The van der Waals surface area contributed by atoms with Gasteiger partial charge in [-0.15, -0.1) is 5.10 Å². The monoisotopic (exact) mass is 493 g/mol. The van der Waals surface area contributed by atoms with E-state index in [1.54, 1.807) is 11.0 Å². The first-order chi connectivity index (χ1) is 16.8. The van der Waals surface area contributed by atoms with Gasteiger partial charge in [-0.25, -0.2) is 12.7 Å². The van der Waals surface area contributed by atoms with Crippen molar-refractivity contribution < 1.29 is 18.0 Å². The topological polar surface area (TPSA) is 97.6 Å². The van der Waals surface area contributed by atoms with Gasteiger partial charge in [0.15, 0.2) is 6.61 Å². The summed E-state index contributed by atoms with van der Waals surface area (Å²) in [5.41, 5.74) is 2.97. The summed E-state index contributed by atoms with van der Waals surface area (Å²) in [6.07, 6.45) is 0.706. The number of hydrogen-bond donors (Lipinski definition) is 0. The van der Waals surface area contributed by atoms with Crippen LogP contribution in [0.2, 0.25) is 0 Å². The zero-order chi connectivity index (χ0) is 24.8. The van der Waals surface area contributed by atoms with Gasteiger partial charge in [0.05, 0.1) is 4.90 Å². The minimum Gasteiger partial charge on any atom is -0.385 e. The Hall–Kier alpha value is -3.76. The Labute approximate surface area is 204 Å². The van der Waals surface area contributed by atoms with Crippen LogP contribution in [0.3, 0.4) is 0 Å². The lowest BCUT2D eigenvalue weighted by Gasteiger charge is -2.23. The summed E-state index contributed by atoms with van der Waals surface area (Å²) in [4.78, 5) is 21.7. The highest BCUT2D eigenvalue weighted by Gasteiger charge is 2.20. The Morgan fingerprint density at radius 1 is 0.943 bits per heavy atom. The molecule has 182 valence electrons. The first kappa shape index (κ1) is 24.4. The average molecular weight is 494 g/mol. The van der Waals surface area contributed by atoms with Gasteiger partial charge in [-0.1, -0.05) is 65.5 Å². The van der Waals surface area contributed by atoms with E-state index in [1.165, 1.54) is 26.2 Å². The average Bonchev–Trinajstić information content (AvgIpc) is 3.28. The van der Waals surface area contributed by atoms with Gasteiger partial charge in [0.1, 0.15) is 11.0 Å². The number of sulfonamides is 1. The van der Waals surface area contributed by atoms with E-state index in [2.05, 4.69) is 10.3 Å². The van der Waals surface area contributed by atoms with Gasteiger partial charge in [-0.3, -0.25) is 4.79 Å². The lowest BCUT2D eigenvalue weighted by Crippen LogP contribution is -2.37. The quantitative estimate of drug-likeness (QED) is 0.337. The van der Waals surface area contributed by atoms with Crippen molar-refractivity contribution in [1.29, 1.82) is 0 Å². The number of rotatable bonds is 10. The molecule has 3 aromatic carbocycles. The van der Waals surface area contributed by atoms with Crippen LogP contribution in [-0.4, -0.2) is 65.9 Å². The molecule has 1 heterocycles. The SMILES string of the molecule is CN(C)S(=O)(=O)c1ccc2nnn(OCC(=O)N(CCc3ccccc3)Cc3ccccc3)c2c1. The number of fused-ring (bicyclic) bond motifs is 1. The molecule has 0 spiro atoms. The molecular formula is C25H27N5O4S. The molecule has 35 heavy (non-hydrogen) atoms. The van der Waals surface area contributed by atoms with Crippen LogP contribution in [0.5, 0.6) is 0 Å². The molecule has 9 nitrogen and oxygen atoms in total. The summed E-state index contributed by atoms with van der Waals surface area (Å²) in [7, 11) is -0.724. The molecule has 0 atom stereocenters. The third kappa shape index (κ3) is 5.84. The van der Waals surface area contributed by atoms with Crippen molar-refractivity contribution in [2.45, 2.75) is 17.9 Å². The first-order valence-corrected chi connectivity index (χ1v) is 12.6. The third-order valence-electron chi connectivity index (χ3n) is 5.56. The largest absolute Gasteiger partial charge is 0.385 e. The lowest BCUT2D eigenvalue weighted by molar-refractivity contribution is -0.137. The fourth-order valence-electron chi connectivity index (χ4n) is 3.56. The summed E-state index contributed by atoms with van der Waals surface area (Å²) in [5.74, 6) is -0.217. The predicted octanol–water partition coefficient (Wildman–Crippen LogP) is 2.38. The van der Waals surface area contributed by atoms with Crippen molar-refractivity contribution in [3.05, 3.63) is 90.0 Å². The molecule has 0 aliphatic heterocycles. The Balaban J connectivity index is 1.50. The standard InChI is InChI=1S/C25H27N5O4S/c1-28(2)35(32,33)22-13-14-23-24(17-22)30(27-26-23)34-19-25(31)29(18-21-11-7-4-8-12-21)16-15-20-9-5-3-6-10-20/h3-14,17H,15-16,18-19H2,1-2H3. The van der Waals surface area contributed by atoms with Crippen LogP contribution in [0.4, 0.5) is 0 Å². The molecule has 1 amide bonds. The highest BCUT2D eigenvalue weighted by Crippen LogP contribution is 2.19. The number of carbonyl (C=O) groups excluding carboxylic acids is 1. The maximum Gasteiger partial charge on any atom is 0.263 e. The van der Waals surface area contributed by atoms with Crippen LogP contribution in [0, 0.1) is 0 Å². The zero-order valence-electron chi connectivity index (χ0n) is 19.6. The van der Waals surface area contributed by atoms with Crippen molar-refractivity contribution in [2.75, 3.05) is 27.2 Å². The molecular weight excluding hydrogens is 466 g/mol. The van der Waals surface area contributed by atoms with Gasteiger partial charge in [0.25, 0.3) is 5.91 Å². The summed E-state index contributed by atoms with van der Waals surface area (Å²) in [6.45, 7) is 0.689. The smallest absolute Gasteiger partial charge is 0.263 e. The van der Waals surface area contributed by atoms with E-state index in [1.807, 2.05) is 60.7 Å². The molecule has 0 N–H and O–H groups in total. The van der Waals surface area contributed by atoms with Gasteiger partial charge in [-0.05, 0) is 41.0 Å². The minimum atomic E-state index is -3.64. The molecule has 0 fully saturated rings. The number of benzene rings is 3. The number of nitrogens with zero attached hydrogens (tertiary/aromatic N) is 5. The second-order valence-corrected chi connectivity index (χ2v) is 10.4. The van der Waals surface area contributed by atoms with Crippen molar-refractivity contribution >= 4 is 27.0 Å².